The third-order valence-electron chi connectivity index (χ3n) is 8.34. The van der Waals surface area contributed by atoms with Crippen LogP contribution in [-0.2, 0) is 33.4 Å². The van der Waals surface area contributed by atoms with Gasteiger partial charge in [0.05, 0.1) is 21.3 Å². The van der Waals surface area contributed by atoms with Crippen LogP contribution in [0.2, 0.25) is 0 Å². The Bertz CT molecular complexity index is 2190. The largest absolute Gasteiger partial charge is 1.00 e. The summed E-state index contributed by atoms with van der Waals surface area (Å²) in [7, 11) is 2.71. The molecule has 0 radical (unpaired) electrons. The first-order chi connectivity index (χ1) is 38.1. The molecule has 0 aromatic heterocycles. The second-order valence-corrected chi connectivity index (χ2v) is 14.8. The fourth-order valence-electron chi connectivity index (χ4n) is 4.82. The Morgan fingerprint density at radius 2 is 0.464 bits per heavy atom. The van der Waals surface area contributed by atoms with E-state index in [-0.39, 0.29) is 62.6 Å². The molecular weight excluding hydrogens is 1120 g/mol. The number of carbonyl (C=O) groups is 4. The number of halogens is 1. The van der Waals surface area contributed by atoms with Gasteiger partial charge in [0, 0.05) is 32.2 Å². The number of aliphatic carboxylic acids is 1. The fourth-order valence-corrected chi connectivity index (χ4v) is 5.13. The Balaban J connectivity index is -0.0000000916. The molecule has 0 spiro atoms. The van der Waals surface area contributed by atoms with Gasteiger partial charge in [0.25, 0.3) is 5.97 Å². The molecule has 0 saturated heterocycles. The number of rotatable bonds is 4. The molecular formula is C69H99BBrLiO12. The molecule has 15 heteroatoms. The topological polar surface area (TPSA) is 218 Å². The summed E-state index contributed by atoms with van der Waals surface area (Å²) < 4.78 is 13.5. The second-order valence-electron chi connectivity index (χ2n) is 13.9. The van der Waals surface area contributed by atoms with Gasteiger partial charge < -0.3 is 40.3 Å². The Morgan fingerprint density at radius 1 is 0.345 bits per heavy atom. The van der Waals surface area contributed by atoms with Crippen molar-refractivity contribution < 1.29 is 78.4 Å². The van der Waals surface area contributed by atoms with Crippen LogP contribution in [0.3, 0.4) is 0 Å². The van der Waals surface area contributed by atoms with E-state index in [0.29, 0.717) is 5.46 Å². The first kappa shape index (κ1) is 98.7. The molecule has 0 unspecified atom stereocenters. The number of ether oxygens (including phenoxy) is 3. The minimum atomic E-state index is -1.34. The molecule has 12 nitrogen and oxygen atoms in total. The zero-order chi connectivity index (χ0) is 60.9. The van der Waals surface area contributed by atoms with Crippen LogP contribution in [-0.4, -0.2) is 78.4 Å². The number of hydrogen-bond donors (Lipinski definition) is 3. The van der Waals surface area contributed by atoms with Gasteiger partial charge in [0.15, 0.2) is 0 Å². The first-order valence-corrected chi connectivity index (χ1v) is 26.7. The number of carboxylic acid groups (broad SMARTS) is 1. The molecule has 458 valence electrons. The Morgan fingerprint density at radius 3 is 0.548 bits per heavy atom. The quantitative estimate of drug-likeness (QED) is 0.0855. The summed E-state index contributed by atoms with van der Waals surface area (Å²) in [6.07, 6.45) is 0. The maximum absolute atomic E-state index is 9.59. The molecule has 8 rings (SSSR count). The van der Waals surface area contributed by atoms with Crippen LogP contribution in [0, 0.1) is 0 Å². The summed E-state index contributed by atoms with van der Waals surface area (Å²) in [5.41, 5.74) is 8.18. The van der Waals surface area contributed by atoms with Crippen molar-refractivity contribution in [2.45, 2.75) is 97.9 Å². The number of carboxylic acids is 1. The van der Waals surface area contributed by atoms with E-state index in [4.69, 9.17) is 19.9 Å². The van der Waals surface area contributed by atoms with Crippen LogP contribution in [0.1, 0.15) is 97.9 Å². The van der Waals surface area contributed by atoms with Crippen molar-refractivity contribution in [2.24, 2.45) is 0 Å². The first-order valence-electron chi connectivity index (χ1n) is 25.9. The van der Waals surface area contributed by atoms with Gasteiger partial charge in [-0.15, -0.1) is 0 Å². The van der Waals surface area contributed by atoms with E-state index in [9.17, 15) is 14.4 Å². The fraction of sp³-hybridized carbons (Fsp3) is 0.246. The summed E-state index contributed by atoms with van der Waals surface area (Å²) in [5.74, 6) is -1.57. The number of hydrogen-bond acceptors (Lipinski definition) is 10. The number of benzene rings is 8. The number of carbonyl (C=O) groups excluding carboxylic acids is 3. The molecule has 84 heavy (non-hydrogen) atoms. The summed E-state index contributed by atoms with van der Waals surface area (Å²) in [4.78, 5) is 37.8. The maximum Gasteiger partial charge on any atom is 1.00 e. The standard InChI is InChI=1S/3C12H10.C6H7BO2.C6H5Br.3C3H6O2.C2H4O2.4C2H6.2CH4.Li.2H2O/c3*1-3-7-11(8-4-1)12-9-5-2-6-10-12;8-7(9)6-4-2-1-3-5-6;7-6-4-2-1-3-5-6;3*1-3(4)5-2;1-2(3)4;4*1-2;;;;;/h3*1-10H;1-5,8-9H;1-5H;3*1-2H3;1H3,(H,3,4);4*1-2H3;2*1H4;;2*1H2/q;;;;;;;;;;;;;;;+1;;/p-1. The van der Waals surface area contributed by atoms with Crippen molar-refractivity contribution in [2.75, 3.05) is 21.3 Å². The van der Waals surface area contributed by atoms with E-state index in [0.717, 1.165) is 11.4 Å². The van der Waals surface area contributed by atoms with E-state index < -0.39 is 13.1 Å². The van der Waals surface area contributed by atoms with Crippen LogP contribution in [0.25, 0.3) is 33.4 Å². The van der Waals surface area contributed by atoms with Crippen molar-refractivity contribution in [1.82, 2.24) is 0 Å². The molecule has 0 aliphatic heterocycles. The van der Waals surface area contributed by atoms with Gasteiger partial charge >= 0.3 is 43.9 Å². The van der Waals surface area contributed by atoms with E-state index in [1.165, 1.54) is 75.5 Å². The minimum Gasteiger partial charge on any atom is -0.870 e. The van der Waals surface area contributed by atoms with Gasteiger partial charge in [-0.2, -0.15) is 0 Å². The normalized spacial score (nSPS) is 7.64. The van der Waals surface area contributed by atoms with Crippen molar-refractivity contribution in [3.63, 3.8) is 0 Å². The van der Waals surface area contributed by atoms with Crippen LogP contribution in [0.15, 0.2) is 247 Å². The van der Waals surface area contributed by atoms with Crippen LogP contribution >= 0.6 is 15.9 Å². The Labute approximate surface area is 527 Å². The van der Waals surface area contributed by atoms with E-state index in [2.05, 4.69) is 176 Å². The van der Waals surface area contributed by atoms with Crippen molar-refractivity contribution in [1.29, 1.82) is 0 Å². The zero-order valence-corrected chi connectivity index (χ0v) is 52.8. The summed E-state index contributed by atoms with van der Waals surface area (Å²) >= 11 is 3.31. The molecule has 0 heterocycles. The van der Waals surface area contributed by atoms with Crippen LogP contribution in [0.5, 0.6) is 0 Å². The molecule has 0 bridgehead atoms. The van der Waals surface area contributed by atoms with Gasteiger partial charge in [-0.25, -0.2) is 0 Å². The monoisotopic (exact) mass is 1220 g/mol. The van der Waals surface area contributed by atoms with Gasteiger partial charge in [-0.1, -0.05) is 317 Å². The Hall–Kier alpha value is -7.38. The van der Waals surface area contributed by atoms with Crippen LogP contribution < -0.4 is 24.3 Å². The summed E-state index contributed by atoms with van der Waals surface area (Å²) in [6, 6.07) is 81.0. The van der Waals surface area contributed by atoms with Gasteiger partial charge in [-0.3, -0.25) is 19.2 Å². The molecule has 8 aromatic carbocycles. The van der Waals surface area contributed by atoms with E-state index >= 15 is 0 Å². The molecule has 0 aliphatic rings. The smallest absolute Gasteiger partial charge is 0.870 e. The predicted molar refractivity (Wildman–Crippen MR) is 357 cm³/mol. The number of methoxy groups -OCH3 is 3. The van der Waals surface area contributed by atoms with E-state index in [1.54, 1.807) is 24.3 Å². The third kappa shape index (κ3) is 65.4. The van der Waals surface area contributed by atoms with E-state index in [1.807, 2.05) is 128 Å². The van der Waals surface area contributed by atoms with Gasteiger partial charge in [0.2, 0.25) is 0 Å². The van der Waals surface area contributed by atoms with Gasteiger partial charge in [0.1, 0.15) is 0 Å². The number of esters is 3. The summed E-state index contributed by atoms with van der Waals surface area (Å²) in [5, 5.41) is 24.6. The molecule has 0 atom stereocenters. The molecule has 0 aliphatic carbocycles. The average Bonchev–Trinajstić information content (AvgIpc) is 3.52. The molecule has 0 saturated carbocycles. The van der Waals surface area contributed by atoms with Crippen molar-refractivity contribution in [3.05, 3.63) is 247 Å². The van der Waals surface area contributed by atoms with Gasteiger partial charge in [-0.05, 0) is 51.0 Å². The molecule has 8 aromatic rings. The van der Waals surface area contributed by atoms with Crippen molar-refractivity contribution in [3.8, 4) is 33.4 Å². The Kier molecular flexibility index (Phi) is 88.9. The summed E-state index contributed by atoms with van der Waals surface area (Å²) in [6.45, 7) is 21.2. The predicted octanol–water partition coefficient (Wildman–Crippen LogP) is 13.9. The van der Waals surface area contributed by atoms with Crippen LogP contribution in [0.4, 0.5) is 0 Å². The zero-order valence-electron chi connectivity index (χ0n) is 51.2. The molecule has 6 N–H and O–H groups in total. The third-order valence-corrected chi connectivity index (χ3v) is 8.86. The maximum atomic E-state index is 9.59. The molecule has 0 fully saturated rings. The van der Waals surface area contributed by atoms with Crippen molar-refractivity contribution >= 4 is 52.4 Å². The SMILES string of the molecule is Brc1ccccc1.C.C.CC.CC.CC.CC.CC(=O)O.COC(C)=O.COC(C)=O.COC(C)=O.O.OB(O)c1ccccc1.[Li+].[OH-].c1ccc(-c2ccccc2)cc1.c1ccc(-c2ccccc2)cc1.c1ccc(-c2ccccc2)cc1. The minimum absolute atomic E-state index is 0. The molecule has 0 amide bonds. The average molecular weight is 1220 g/mol. The second kappa shape index (κ2) is 75.6.